The molecule has 5 nitrogen and oxygen atoms in total. The Morgan fingerprint density at radius 1 is 0.889 bits per heavy atom. The van der Waals surface area contributed by atoms with Crippen molar-refractivity contribution in [3.63, 3.8) is 0 Å². The Balaban J connectivity index is 1.75. The molecule has 3 aromatic rings. The summed E-state index contributed by atoms with van der Waals surface area (Å²) in [5.74, 6) is -0.242. The van der Waals surface area contributed by atoms with E-state index in [2.05, 4.69) is 32.6 Å². The number of halogens is 1. The van der Waals surface area contributed by atoms with Crippen molar-refractivity contribution in [3.8, 4) is 0 Å². The average molecular weight is 492 g/mol. The highest BCUT2D eigenvalue weighted by Crippen LogP contribution is 2.20. The molecule has 0 aliphatic rings. The third kappa shape index (κ3) is 4.86. The number of amides is 1. The Bertz CT molecular complexity index is 1080. The summed E-state index contributed by atoms with van der Waals surface area (Å²) in [5, 5.41) is 2.78. The molecule has 0 saturated carbocycles. The molecule has 3 rings (SSSR count). The highest BCUT2D eigenvalue weighted by molar-refractivity contribution is 14.1. The van der Waals surface area contributed by atoms with Gasteiger partial charge in [0, 0.05) is 14.9 Å². The minimum atomic E-state index is -3.70. The number of sulfonamides is 1. The van der Waals surface area contributed by atoms with Crippen LogP contribution >= 0.6 is 22.6 Å². The molecule has 0 saturated heterocycles. The summed E-state index contributed by atoms with van der Waals surface area (Å²) in [6.45, 7) is 1.89. The second-order valence-corrected chi connectivity index (χ2v) is 8.78. The molecule has 0 fully saturated rings. The van der Waals surface area contributed by atoms with Crippen LogP contribution in [0.2, 0.25) is 0 Å². The molecule has 2 N–H and O–H groups in total. The molecule has 0 spiro atoms. The highest BCUT2D eigenvalue weighted by atomic mass is 127. The Hall–Kier alpha value is -2.39. The van der Waals surface area contributed by atoms with E-state index in [1.807, 2.05) is 25.1 Å². The number of carbonyl (C=O) groups is 1. The summed E-state index contributed by atoms with van der Waals surface area (Å²) in [4.78, 5) is 12.5. The van der Waals surface area contributed by atoms with Crippen LogP contribution in [0.4, 0.5) is 11.4 Å². The predicted molar refractivity (Wildman–Crippen MR) is 116 cm³/mol. The second kappa shape index (κ2) is 8.10. The van der Waals surface area contributed by atoms with E-state index in [1.54, 1.807) is 42.5 Å². The third-order valence-corrected chi connectivity index (χ3v) is 6.15. The normalized spacial score (nSPS) is 11.0. The molecule has 0 atom stereocenters. The smallest absolute Gasteiger partial charge is 0.261 e. The minimum Gasteiger partial charge on any atom is -0.322 e. The van der Waals surface area contributed by atoms with Crippen molar-refractivity contribution >= 4 is 49.9 Å². The molecule has 0 heterocycles. The highest BCUT2D eigenvalue weighted by Gasteiger charge is 2.15. The van der Waals surface area contributed by atoms with Gasteiger partial charge in [-0.05, 0) is 83.6 Å². The fourth-order valence-corrected chi connectivity index (χ4v) is 4.17. The van der Waals surface area contributed by atoms with Gasteiger partial charge in [-0.3, -0.25) is 9.52 Å². The van der Waals surface area contributed by atoms with Crippen molar-refractivity contribution in [1.29, 1.82) is 0 Å². The van der Waals surface area contributed by atoms with E-state index in [-0.39, 0.29) is 10.8 Å². The van der Waals surface area contributed by atoms with E-state index >= 15 is 0 Å². The molecule has 0 bridgehead atoms. The van der Waals surface area contributed by atoms with Gasteiger partial charge in [0.2, 0.25) is 0 Å². The summed E-state index contributed by atoms with van der Waals surface area (Å²) < 4.78 is 28.4. The van der Waals surface area contributed by atoms with Crippen LogP contribution in [0.25, 0.3) is 0 Å². The number of hydrogen-bond donors (Lipinski definition) is 2. The van der Waals surface area contributed by atoms with Crippen LogP contribution in [0.5, 0.6) is 0 Å². The first-order valence-corrected chi connectivity index (χ1v) is 10.7. The minimum absolute atomic E-state index is 0.122. The first-order chi connectivity index (χ1) is 12.8. The maximum absolute atomic E-state index is 12.5. The van der Waals surface area contributed by atoms with Crippen LogP contribution in [-0.2, 0) is 10.0 Å². The summed E-state index contributed by atoms with van der Waals surface area (Å²) in [5.41, 5.74) is 2.56. The van der Waals surface area contributed by atoms with Crippen molar-refractivity contribution in [2.24, 2.45) is 0 Å². The number of benzene rings is 3. The molecule has 0 aromatic heterocycles. The van der Waals surface area contributed by atoms with Crippen LogP contribution in [-0.4, -0.2) is 14.3 Å². The van der Waals surface area contributed by atoms with E-state index < -0.39 is 10.0 Å². The lowest BCUT2D eigenvalue weighted by molar-refractivity contribution is 0.102. The largest absolute Gasteiger partial charge is 0.322 e. The molecule has 1 amide bonds. The Kier molecular flexibility index (Phi) is 5.81. The van der Waals surface area contributed by atoms with Crippen molar-refractivity contribution in [3.05, 3.63) is 87.5 Å². The Labute approximate surface area is 172 Å². The molecular weight excluding hydrogens is 475 g/mol. The van der Waals surface area contributed by atoms with Gasteiger partial charge in [0.05, 0.1) is 10.5 Å². The van der Waals surface area contributed by atoms with Gasteiger partial charge >= 0.3 is 0 Å². The SMILES string of the molecule is Cc1cccc(NS(=O)(=O)c2ccc(NC(=O)c3ccccc3I)cc2)c1. The summed E-state index contributed by atoms with van der Waals surface area (Å²) >= 11 is 2.10. The predicted octanol–water partition coefficient (Wildman–Crippen LogP) is 4.65. The Morgan fingerprint density at radius 2 is 1.59 bits per heavy atom. The molecule has 0 unspecified atom stereocenters. The van der Waals surface area contributed by atoms with E-state index in [1.165, 1.54) is 12.1 Å². The second-order valence-electron chi connectivity index (χ2n) is 5.93. The number of hydrogen-bond acceptors (Lipinski definition) is 3. The fourth-order valence-electron chi connectivity index (χ4n) is 2.48. The molecule has 27 heavy (non-hydrogen) atoms. The average Bonchev–Trinajstić information content (AvgIpc) is 2.62. The number of nitrogens with one attached hydrogen (secondary N) is 2. The maximum atomic E-state index is 12.5. The number of aryl methyl sites for hydroxylation is 1. The molecular formula is C20H17IN2O3S. The lowest BCUT2D eigenvalue weighted by Gasteiger charge is -2.10. The van der Waals surface area contributed by atoms with Gasteiger partial charge in [-0.15, -0.1) is 0 Å². The number of rotatable bonds is 5. The first-order valence-electron chi connectivity index (χ1n) is 8.10. The fraction of sp³-hybridized carbons (Fsp3) is 0.0500. The first kappa shape index (κ1) is 19.4. The van der Waals surface area contributed by atoms with E-state index in [4.69, 9.17) is 0 Å². The molecule has 0 radical (unpaired) electrons. The molecule has 7 heteroatoms. The van der Waals surface area contributed by atoms with Crippen molar-refractivity contribution in [1.82, 2.24) is 0 Å². The van der Waals surface area contributed by atoms with Gasteiger partial charge in [-0.1, -0.05) is 24.3 Å². The summed E-state index contributed by atoms with van der Waals surface area (Å²) in [6, 6.07) is 20.4. The van der Waals surface area contributed by atoms with Crippen LogP contribution in [0, 0.1) is 10.5 Å². The van der Waals surface area contributed by atoms with Crippen LogP contribution < -0.4 is 10.0 Å². The van der Waals surface area contributed by atoms with E-state index in [0.717, 1.165) is 9.13 Å². The van der Waals surface area contributed by atoms with Gasteiger partial charge < -0.3 is 5.32 Å². The van der Waals surface area contributed by atoms with Gasteiger partial charge in [0.1, 0.15) is 0 Å². The quantitative estimate of drug-likeness (QED) is 0.510. The molecule has 0 aliphatic carbocycles. The molecule has 3 aromatic carbocycles. The standard InChI is InChI=1S/C20H17IN2O3S/c1-14-5-4-6-16(13-14)23-27(25,26)17-11-9-15(10-12-17)22-20(24)18-7-2-3-8-19(18)21/h2-13,23H,1H3,(H,22,24). The van der Waals surface area contributed by atoms with Crippen molar-refractivity contribution in [2.75, 3.05) is 10.0 Å². The number of anilines is 2. The van der Waals surface area contributed by atoms with Crippen LogP contribution in [0.15, 0.2) is 77.7 Å². The summed E-state index contributed by atoms with van der Waals surface area (Å²) in [6.07, 6.45) is 0. The van der Waals surface area contributed by atoms with Crippen LogP contribution in [0.3, 0.4) is 0 Å². The maximum Gasteiger partial charge on any atom is 0.261 e. The molecule has 138 valence electrons. The number of carbonyl (C=O) groups excluding carboxylic acids is 1. The van der Waals surface area contributed by atoms with E-state index in [0.29, 0.717) is 16.9 Å². The van der Waals surface area contributed by atoms with Gasteiger partial charge in [-0.25, -0.2) is 8.42 Å². The zero-order chi connectivity index (χ0) is 19.4. The lowest BCUT2D eigenvalue weighted by atomic mass is 10.2. The van der Waals surface area contributed by atoms with Gasteiger partial charge in [-0.2, -0.15) is 0 Å². The Morgan fingerprint density at radius 3 is 2.26 bits per heavy atom. The van der Waals surface area contributed by atoms with Crippen molar-refractivity contribution in [2.45, 2.75) is 11.8 Å². The lowest BCUT2D eigenvalue weighted by Crippen LogP contribution is -2.15. The zero-order valence-corrected chi connectivity index (χ0v) is 17.4. The van der Waals surface area contributed by atoms with Crippen molar-refractivity contribution < 1.29 is 13.2 Å². The monoisotopic (exact) mass is 492 g/mol. The van der Waals surface area contributed by atoms with Crippen LogP contribution in [0.1, 0.15) is 15.9 Å². The van der Waals surface area contributed by atoms with E-state index in [9.17, 15) is 13.2 Å². The summed E-state index contributed by atoms with van der Waals surface area (Å²) in [7, 11) is -3.70. The topological polar surface area (TPSA) is 75.3 Å². The van der Waals surface area contributed by atoms with Gasteiger partial charge in [0.15, 0.2) is 0 Å². The third-order valence-electron chi connectivity index (χ3n) is 3.81. The van der Waals surface area contributed by atoms with Gasteiger partial charge in [0.25, 0.3) is 15.9 Å². The zero-order valence-electron chi connectivity index (χ0n) is 14.4. The molecule has 0 aliphatic heterocycles.